The Bertz CT molecular complexity index is 1340. The van der Waals surface area contributed by atoms with Gasteiger partial charge in [-0.15, -0.1) is 0 Å². The minimum atomic E-state index is -3.62. The molecule has 1 N–H and O–H groups in total. The van der Waals surface area contributed by atoms with Gasteiger partial charge in [0.1, 0.15) is 18.0 Å². The number of carbonyl (C=O) groups excluding carboxylic acids is 1. The molecule has 0 bridgehead atoms. The maximum Gasteiger partial charge on any atom is 0.336 e. The topological polar surface area (TPSA) is 115 Å². The maximum atomic E-state index is 12.1. The molecule has 9 heteroatoms. The first-order valence-corrected chi connectivity index (χ1v) is 10.7. The normalized spacial score (nSPS) is 15.7. The van der Waals surface area contributed by atoms with Gasteiger partial charge in [0.05, 0.1) is 17.9 Å². The summed E-state index contributed by atoms with van der Waals surface area (Å²) in [7, 11) is -3.62. The summed E-state index contributed by atoms with van der Waals surface area (Å²) >= 11 is 0. The fourth-order valence-corrected chi connectivity index (χ4v) is 4.45. The van der Waals surface area contributed by atoms with Gasteiger partial charge < -0.3 is 9.15 Å². The number of benzene rings is 2. The van der Waals surface area contributed by atoms with Gasteiger partial charge in [0, 0.05) is 22.6 Å². The molecule has 0 aliphatic carbocycles. The van der Waals surface area contributed by atoms with Gasteiger partial charge in [-0.2, -0.15) is 0 Å². The van der Waals surface area contributed by atoms with Gasteiger partial charge >= 0.3 is 11.6 Å². The molecule has 3 aromatic rings. The first-order chi connectivity index (χ1) is 14.3. The minimum Gasteiger partial charge on any atom is -0.461 e. The number of hydrogen-bond acceptors (Lipinski definition) is 7. The molecular formula is C21H18N2O6S. The highest BCUT2D eigenvalue weighted by molar-refractivity contribution is 7.90. The van der Waals surface area contributed by atoms with Crippen molar-refractivity contribution in [1.82, 2.24) is 4.72 Å². The van der Waals surface area contributed by atoms with E-state index in [0.717, 1.165) is 5.56 Å². The first kappa shape index (κ1) is 19.8. The average molecular weight is 426 g/mol. The zero-order chi connectivity index (χ0) is 21.3. The van der Waals surface area contributed by atoms with Crippen molar-refractivity contribution in [3.05, 3.63) is 75.6 Å². The minimum absolute atomic E-state index is 0.0358. The largest absolute Gasteiger partial charge is 0.461 e. The number of rotatable bonds is 5. The lowest BCUT2D eigenvalue weighted by Gasteiger charge is -2.07. The molecule has 0 atom stereocenters. The first-order valence-electron chi connectivity index (χ1n) is 9.19. The third-order valence-corrected chi connectivity index (χ3v) is 6.02. The van der Waals surface area contributed by atoms with Gasteiger partial charge in [0.25, 0.3) is 10.0 Å². The number of esters is 1. The van der Waals surface area contributed by atoms with Crippen LogP contribution in [0, 0.1) is 6.92 Å². The van der Waals surface area contributed by atoms with Crippen LogP contribution < -0.4 is 10.3 Å². The van der Waals surface area contributed by atoms with E-state index < -0.39 is 21.6 Å². The van der Waals surface area contributed by atoms with Crippen LogP contribution >= 0.6 is 0 Å². The van der Waals surface area contributed by atoms with Crippen molar-refractivity contribution in [3.63, 3.8) is 0 Å². The van der Waals surface area contributed by atoms with Crippen molar-refractivity contribution in [2.75, 3.05) is 6.54 Å². The van der Waals surface area contributed by atoms with Crippen molar-refractivity contribution in [2.24, 2.45) is 4.99 Å². The van der Waals surface area contributed by atoms with E-state index in [1.54, 1.807) is 24.3 Å². The monoisotopic (exact) mass is 426 g/mol. The number of nitrogens with zero attached hydrogens (tertiary/aromatic N) is 1. The second-order valence-electron chi connectivity index (χ2n) is 6.83. The van der Waals surface area contributed by atoms with Crippen molar-refractivity contribution in [2.45, 2.75) is 24.8 Å². The molecule has 154 valence electrons. The molecule has 0 unspecified atom stereocenters. The third-order valence-electron chi connectivity index (χ3n) is 4.62. The van der Waals surface area contributed by atoms with Crippen molar-refractivity contribution >= 4 is 32.8 Å². The lowest BCUT2D eigenvalue weighted by atomic mass is 10.1. The lowest BCUT2D eigenvalue weighted by Crippen LogP contribution is -2.22. The van der Waals surface area contributed by atoms with Crippen molar-refractivity contribution in [3.8, 4) is 0 Å². The van der Waals surface area contributed by atoms with Crippen LogP contribution in [-0.4, -0.2) is 26.8 Å². The highest BCUT2D eigenvalue weighted by Crippen LogP contribution is 2.22. The summed E-state index contributed by atoms with van der Waals surface area (Å²) in [6, 6.07) is 13.2. The number of sulfonamides is 1. The van der Waals surface area contributed by atoms with Crippen LogP contribution in [0.4, 0.5) is 0 Å². The number of aryl methyl sites for hydroxylation is 1. The van der Waals surface area contributed by atoms with Crippen LogP contribution in [0.25, 0.3) is 11.0 Å². The summed E-state index contributed by atoms with van der Waals surface area (Å²) in [4.78, 5) is 28.2. The van der Waals surface area contributed by atoms with E-state index in [1.807, 2.05) is 19.1 Å². The predicted octanol–water partition coefficient (Wildman–Crippen LogP) is 2.27. The summed E-state index contributed by atoms with van der Waals surface area (Å²) in [5.41, 5.74) is 1.90. The number of aliphatic imine (C=N–C) groups is 1. The Balaban J connectivity index is 1.41. The molecule has 0 saturated heterocycles. The standard InChI is InChI=1S/C21H18N2O6S/c1-13-6-7-15-14(11-20(25)29-17(15)10-13)12-28-19(24)8-9-22-21-16-4-2-3-5-18(16)30(26,27)23-21/h2-7,10-11H,8-9,12H2,1H3,(H,22,23). The highest BCUT2D eigenvalue weighted by Gasteiger charge is 2.29. The second-order valence-corrected chi connectivity index (χ2v) is 8.48. The Labute approximate surface area is 172 Å². The molecule has 30 heavy (non-hydrogen) atoms. The Hall–Kier alpha value is -3.46. The summed E-state index contributed by atoms with van der Waals surface area (Å²) in [6.07, 6.45) is -0.0358. The van der Waals surface area contributed by atoms with Gasteiger partial charge in [-0.05, 0) is 30.7 Å². The number of carbonyl (C=O) groups is 1. The van der Waals surface area contributed by atoms with Gasteiger partial charge in [-0.3, -0.25) is 14.5 Å². The SMILES string of the molecule is Cc1ccc2c(COC(=O)CCN=C3NS(=O)(=O)c4ccccc43)cc(=O)oc2c1. The summed E-state index contributed by atoms with van der Waals surface area (Å²) in [5.74, 6) is -0.303. The number of amidine groups is 1. The van der Waals surface area contributed by atoms with Crippen LogP contribution in [-0.2, 0) is 26.2 Å². The molecule has 0 radical (unpaired) electrons. The lowest BCUT2D eigenvalue weighted by molar-refractivity contribution is -0.144. The van der Waals surface area contributed by atoms with Gasteiger partial charge in [0.2, 0.25) is 0 Å². The predicted molar refractivity (Wildman–Crippen MR) is 110 cm³/mol. The molecule has 1 aliphatic heterocycles. The zero-order valence-electron chi connectivity index (χ0n) is 16.0. The van der Waals surface area contributed by atoms with Crippen LogP contribution in [0.2, 0.25) is 0 Å². The van der Waals surface area contributed by atoms with Crippen LogP contribution in [0.1, 0.15) is 23.1 Å². The Morgan fingerprint density at radius 2 is 1.97 bits per heavy atom. The molecule has 8 nitrogen and oxygen atoms in total. The van der Waals surface area contributed by atoms with Crippen LogP contribution in [0.3, 0.4) is 0 Å². The molecule has 0 saturated carbocycles. The molecule has 0 spiro atoms. The van der Waals surface area contributed by atoms with E-state index in [1.165, 1.54) is 12.1 Å². The average Bonchev–Trinajstić information content (AvgIpc) is 2.96. The van der Waals surface area contributed by atoms with Gasteiger partial charge in [-0.1, -0.05) is 24.3 Å². The van der Waals surface area contributed by atoms with Gasteiger partial charge in [0.15, 0.2) is 0 Å². The second kappa shape index (κ2) is 7.75. The summed E-state index contributed by atoms with van der Waals surface area (Å²) in [6.45, 7) is 1.87. The smallest absolute Gasteiger partial charge is 0.336 e. The summed E-state index contributed by atoms with van der Waals surface area (Å²) in [5, 5.41) is 0.699. The molecule has 1 aromatic heterocycles. The molecule has 2 aromatic carbocycles. The van der Waals surface area contributed by atoms with E-state index in [2.05, 4.69) is 9.71 Å². The maximum absolute atomic E-state index is 12.1. The van der Waals surface area contributed by atoms with Crippen LogP contribution in [0.5, 0.6) is 0 Å². The van der Waals surface area contributed by atoms with Crippen molar-refractivity contribution in [1.29, 1.82) is 0 Å². The van der Waals surface area contributed by atoms with Crippen LogP contribution in [0.15, 0.2) is 67.6 Å². The van der Waals surface area contributed by atoms with E-state index in [0.29, 0.717) is 22.1 Å². The fraction of sp³-hybridized carbons (Fsp3) is 0.190. The Kier molecular flexibility index (Phi) is 5.13. The molecule has 0 amide bonds. The molecular weight excluding hydrogens is 408 g/mol. The van der Waals surface area contributed by atoms with E-state index >= 15 is 0 Å². The Morgan fingerprint density at radius 1 is 1.17 bits per heavy atom. The molecule has 4 rings (SSSR count). The number of ether oxygens (including phenoxy) is 1. The molecule has 1 aliphatic rings. The van der Waals surface area contributed by atoms with Gasteiger partial charge in [-0.25, -0.2) is 13.2 Å². The Morgan fingerprint density at radius 3 is 2.80 bits per heavy atom. The number of hydrogen-bond donors (Lipinski definition) is 1. The number of fused-ring (bicyclic) bond motifs is 2. The summed E-state index contributed by atoms with van der Waals surface area (Å²) < 4.78 is 37.0. The van der Waals surface area contributed by atoms with Crippen molar-refractivity contribution < 1.29 is 22.4 Å². The van der Waals surface area contributed by atoms with E-state index in [9.17, 15) is 18.0 Å². The zero-order valence-corrected chi connectivity index (χ0v) is 16.9. The molecule has 2 heterocycles. The third kappa shape index (κ3) is 3.97. The number of nitrogens with one attached hydrogen (secondary N) is 1. The highest BCUT2D eigenvalue weighted by atomic mass is 32.2. The van der Waals surface area contributed by atoms with E-state index in [-0.39, 0.29) is 30.3 Å². The van der Waals surface area contributed by atoms with E-state index in [4.69, 9.17) is 9.15 Å². The fourth-order valence-electron chi connectivity index (χ4n) is 3.20. The molecule has 0 fully saturated rings. The quantitative estimate of drug-likeness (QED) is 0.494.